The highest BCUT2D eigenvalue weighted by Gasteiger charge is 2.30. The maximum Gasteiger partial charge on any atom is 0.416 e. The molecule has 23 heavy (non-hydrogen) atoms. The van der Waals surface area contributed by atoms with E-state index in [1.807, 2.05) is 0 Å². The van der Waals surface area contributed by atoms with Crippen molar-refractivity contribution in [3.8, 4) is 0 Å². The molecule has 3 rings (SSSR count). The molecule has 0 amide bonds. The van der Waals surface area contributed by atoms with Crippen LogP contribution in [-0.4, -0.2) is 9.66 Å². The first-order chi connectivity index (χ1) is 10.8. The summed E-state index contributed by atoms with van der Waals surface area (Å²) in [5.41, 5.74) is 0.0376. The van der Waals surface area contributed by atoms with Crippen LogP contribution in [0.15, 0.2) is 34.4 Å². The Morgan fingerprint density at radius 2 is 2.09 bits per heavy atom. The zero-order chi connectivity index (χ0) is 16.8. The lowest BCUT2D eigenvalue weighted by atomic mass is 10.1. The number of nitrogens with zero attached hydrogens (tertiary/aromatic N) is 2. The highest BCUT2D eigenvalue weighted by molar-refractivity contribution is 7.16. The van der Waals surface area contributed by atoms with Gasteiger partial charge in [-0.2, -0.15) is 13.2 Å². The molecule has 120 valence electrons. The molecular weight excluding hydrogens is 327 g/mol. The minimum atomic E-state index is -4.42. The molecular formula is C15H12F3N3OS. The summed E-state index contributed by atoms with van der Waals surface area (Å²) in [6, 6.07) is 4.91. The molecule has 2 N–H and O–H groups in total. The Bertz CT molecular complexity index is 943. The van der Waals surface area contributed by atoms with E-state index in [0.29, 0.717) is 15.8 Å². The van der Waals surface area contributed by atoms with Crippen molar-refractivity contribution >= 4 is 21.6 Å². The average Bonchev–Trinajstić information content (AvgIpc) is 2.85. The third kappa shape index (κ3) is 2.81. The summed E-state index contributed by atoms with van der Waals surface area (Å²) in [4.78, 5) is 17.1. The second kappa shape index (κ2) is 5.38. The Labute approximate surface area is 133 Å². The number of nitrogen functional groups attached to an aromatic ring is 1. The second-order valence-electron chi connectivity index (χ2n) is 5.18. The minimum absolute atomic E-state index is 0.0442. The summed E-state index contributed by atoms with van der Waals surface area (Å²) in [6.45, 7) is 1.79. The highest BCUT2D eigenvalue weighted by atomic mass is 32.1. The third-order valence-electron chi connectivity index (χ3n) is 3.51. The SMILES string of the molecule is Cc1csc2nc(Cc3cccc(C(F)(F)F)c3)n(N)c(=O)c12. The molecule has 0 saturated heterocycles. The largest absolute Gasteiger partial charge is 0.416 e. The molecule has 0 spiro atoms. The molecule has 0 aliphatic rings. The smallest absolute Gasteiger partial charge is 0.335 e. The van der Waals surface area contributed by atoms with Gasteiger partial charge in [-0.15, -0.1) is 11.3 Å². The predicted octanol–water partition coefficient (Wildman–Crippen LogP) is 3.09. The van der Waals surface area contributed by atoms with E-state index < -0.39 is 17.3 Å². The highest BCUT2D eigenvalue weighted by Crippen LogP contribution is 2.30. The van der Waals surface area contributed by atoms with Gasteiger partial charge in [0.25, 0.3) is 5.56 Å². The summed E-state index contributed by atoms with van der Waals surface area (Å²) in [5.74, 6) is 6.00. The first-order valence-corrected chi connectivity index (χ1v) is 7.56. The molecule has 0 aliphatic heterocycles. The number of alkyl halides is 3. The van der Waals surface area contributed by atoms with Gasteiger partial charge >= 0.3 is 6.18 Å². The van der Waals surface area contributed by atoms with Crippen molar-refractivity contribution in [1.29, 1.82) is 0 Å². The molecule has 0 aliphatic carbocycles. The fourth-order valence-corrected chi connectivity index (χ4v) is 3.28. The van der Waals surface area contributed by atoms with Crippen molar-refractivity contribution in [1.82, 2.24) is 9.66 Å². The van der Waals surface area contributed by atoms with Gasteiger partial charge in [-0.3, -0.25) is 4.79 Å². The number of halogens is 3. The predicted molar refractivity (Wildman–Crippen MR) is 83.0 cm³/mol. The lowest BCUT2D eigenvalue weighted by molar-refractivity contribution is -0.137. The van der Waals surface area contributed by atoms with Crippen molar-refractivity contribution in [3.63, 3.8) is 0 Å². The van der Waals surface area contributed by atoms with Crippen LogP contribution >= 0.6 is 11.3 Å². The van der Waals surface area contributed by atoms with Gasteiger partial charge < -0.3 is 5.84 Å². The van der Waals surface area contributed by atoms with E-state index in [1.165, 1.54) is 17.4 Å². The normalized spacial score (nSPS) is 12.0. The molecule has 1 aromatic carbocycles. The number of hydrogen-bond donors (Lipinski definition) is 1. The molecule has 3 aromatic rings. The summed E-state index contributed by atoms with van der Waals surface area (Å²) < 4.78 is 39.2. The quantitative estimate of drug-likeness (QED) is 0.730. The van der Waals surface area contributed by atoms with Gasteiger partial charge in [0.2, 0.25) is 0 Å². The molecule has 0 saturated carbocycles. The van der Waals surface area contributed by atoms with Crippen molar-refractivity contribution in [3.05, 3.63) is 62.5 Å². The van der Waals surface area contributed by atoms with Gasteiger partial charge in [0.15, 0.2) is 0 Å². The van der Waals surface area contributed by atoms with Crippen LogP contribution in [0.25, 0.3) is 10.2 Å². The number of thiophene rings is 1. The number of aromatic nitrogens is 2. The first kappa shape index (κ1) is 15.5. The molecule has 0 fully saturated rings. The number of benzene rings is 1. The summed E-state index contributed by atoms with van der Waals surface area (Å²) in [6.07, 6.45) is -4.37. The van der Waals surface area contributed by atoms with E-state index in [4.69, 9.17) is 5.84 Å². The fourth-order valence-electron chi connectivity index (χ4n) is 2.35. The van der Waals surface area contributed by atoms with E-state index in [2.05, 4.69) is 4.98 Å². The van der Waals surface area contributed by atoms with Gasteiger partial charge in [0, 0.05) is 6.42 Å². The Balaban J connectivity index is 2.06. The monoisotopic (exact) mass is 339 g/mol. The van der Waals surface area contributed by atoms with Crippen LogP contribution in [0.1, 0.15) is 22.5 Å². The van der Waals surface area contributed by atoms with Gasteiger partial charge in [-0.25, -0.2) is 9.66 Å². The fraction of sp³-hybridized carbons (Fsp3) is 0.200. The van der Waals surface area contributed by atoms with Crippen molar-refractivity contribution in [2.75, 3.05) is 5.84 Å². The van der Waals surface area contributed by atoms with E-state index >= 15 is 0 Å². The summed E-state index contributed by atoms with van der Waals surface area (Å²) >= 11 is 1.31. The molecule has 8 heteroatoms. The van der Waals surface area contributed by atoms with Crippen LogP contribution in [0.2, 0.25) is 0 Å². The van der Waals surface area contributed by atoms with E-state index in [0.717, 1.165) is 22.4 Å². The minimum Gasteiger partial charge on any atom is -0.335 e. The molecule has 2 aromatic heterocycles. The van der Waals surface area contributed by atoms with E-state index in [1.54, 1.807) is 18.4 Å². The number of hydrogen-bond acceptors (Lipinski definition) is 4. The zero-order valence-corrected chi connectivity index (χ0v) is 12.8. The number of fused-ring (bicyclic) bond motifs is 1. The lowest BCUT2D eigenvalue weighted by Gasteiger charge is -2.10. The maximum atomic E-state index is 12.8. The molecule has 0 radical (unpaired) electrons. The Morgan fingerprint density at radius 3 is 2.78 bits per heavy atom. The topological polar surface area (TPSA) is 60.9 Å². The van der Waals surface area contributed by atoms with Crippen LogP contribution in [-0.2, 0) is 12.6 Å². The lowest BCUT2D eigenvalue weighted by Crippen LogP contribution is -2.31. The van der Waals surface area contributed by atoms with Gasteiger partial charge in [-0.05, 0) is 29.5 Å². The van der Waals surface area contributed by atoms with Crippen LogP contribution in [0.4, 0.5) is 13.2 Å². The number of rotatable bonds is 2. The molecule has 0 bridgehead atoms. The van der Waals surface area contributed by atoms with Crippen molar-refractivity contribution in [2.45, 2.75) is 19.5 Å². The van der Waals surface area contributed by atoms with Gasteiger partial charge in [0.1, 0.15) is 10.7 Å². The van der Waals surface area contributed by atoms with Crippen molar-refractivity contribution < 1.29 is 13.2 Å². The average molecular weight is 339 g/mol. The van der Waals surface area contributed by atoms with E-state index in [9.17, 15) is 18.0 Å². The number of nitrogens with two attached hydrogens (primary N) is 1. The maximum absolute atomic E-state index is 12.8. The zero-order valence-electron chi connectivity index (χ0n) is 12.0. The summed E-state index contributed by atoms with van der Waals surface area (Å²) in [7, 11) is 0. The molecule has 0 unspecified atom stereocenters. The Kier molecular flexibility index (Phi) is 3.63. The van der Waals surface area contributed by atoms with Crippen LogP contribution in [0, 0.1) is 6.92 Å². The van der Waals surface area contributed by atoms with Gasteiger partial charge in [0.05, 0.1) is 10.9 Å². The Morgan fingerprint density at radius 1 is 1.35 bits per heavy atom. The molecule has 2 heterocycles. The van der Waals surface area contributed by atoms with Crippen LogP contribution < -0.4 is 11.4 Å². The van der Waals surface area contributed by atoms with Crippen molar-refractivity contribution in [2.24, 2.45) is 0 Å². The van der Waals surface area contributed by atoms with Gasteiger partial charge in [-0.1, -0.05) is 18.2 Å². The first-order valence-electron chi connectivity index (χ1n) is 6.68. The standard InChI is InChI=1S/C15H12F3N3OS/c1-8-7-23-13-12(8)14(22)21(19)11(20-13)6-9-3-2-4-10(5-9)15(16,17)18/h2-5,7H,6,19H2,1H3. The van der Waals surface area contributed by atoms with E-state index in [-0.39, 0.29) is 12.2 Å². The Hall–Kier alpha value is -2.35. The summed E-state index contributed by atoms with van der Waals surface area (Å²) in [5, 5.41) is 2.25. The molecule has 4 nitrogen and oxygen atoms in total. The third-order valence-corrected chi connectivity index (χ3v) is 4.50. The molecule has 0 atom stereocenters. The van der Waals surface area contributed by atoms with Crippen LogP contribution in [0.5, 0.6) is 0 Å². The van der Waals surface area contributed by atoms with Crippen LogP contribution in [0.3, 0.4) is 0 Å². The number of aryl methyl sites for hydroxylation is 1. The second-order valence-corrected chi connectivity index (χ2v) is 6.04.